The van der Waals surface area contributed by atoms with E-state index in [1.54, 1.807) is 41.9 Å². The lowest BCUT2D eigenvalue weighted by Crippen LogP contribution is -2.25. The second kappa shape index (κ2) is 8.39. The fourth-order valence-corrected chi connectivity index (χ4v) is 4.46. The Hall–Kier alpha value is -3.78. The van der Waals surface area contributed by atoms with Crippen molar-refractivity contribution in [1.82, 2.24) is 24.3 Å². The summed E-state index contributed by atoms with van der Waals surface area (Å²) >= 11 is 1.62. The second-order valence-corrected chi connectivity index (χ2v) is 8.29. The first-order valence-electron chi connectivity index (χ1n) is 10.4. The summed E-state index contributed by atoms with van der Waals surface area (Å²) in [6.45, 7) is 2.99. The molecule has 5 heterocycles. The number of nitrogens with one attached hydrogen (secondary N) is 1. The van der Waals surface area contributed by atoms with E-state index in [1.165, 1.54) is 4.40 Å². The number of rotatable bonds is 6. The maximum Gasteiger partial charge on any atom is 0.268 e. The van der Waals surface area contributed by atoms with Crippen LogP contribution >= 0.6 is 11.3 Å². The minimum atomic E-state index is -0.237. The third kappa shape index (κ3) is 3.58. The highest BCUT2D eigenvalue weighted by molar-refractivity contribution is 7.08. The zero-order valence-corrected chi connectivity index (χ0v) is 18.3. The summed E-state index contributed by atoms with van der Waals surface area (Å²) < 4.78 is 3.34. The third-order valence-corrected chi connectivity index (χ3v) is 6.03. The maximum absolute atomic E-state index is 13.1. The summed E-state index contributed by atoms with van der Waals surface area (Å²) in [5.41, 5.74) is 4.25. The second-order valence-electron chi connectivity index (χ2n) is 7.51. The molecule has 0 saturated heterocycles. The van der Waals surface area contributed by atoms with E-state index in [0.29, 0.717) is 35.5 Å². The summed E-state index contributed by atoms with van der Waals surface area (Å²) in [7, 11) is 0. The van der Waals surface area contributed by atoms with E-state index in [0.717, 1.165) is 23.2 Å². The number of fused-ring (bicyclic) bond motifs is 2. The molecule has 0 aromatic carbocycles. The van der Waals surface area contributed by atoms with Gasteiger partial charge in [0.25, 0.3) is 11.5 Å². The molecule has 0 aliphatic heterocycles. The molecule has 8 heteroatoms. The van der Waals surface area contributed by atoms with Crippen molar-refractivity contribution in [2.75, 3.05) is 0 Å². The fraction of sp³-hybridized carbons (Fsp3) is 0.167. The summed E-state index contributed by atoms with van der Waals surface area (Å²) in [4.78, 5) is 35.2. The van der Waals surface area contributed by atoms with Gasteiger partial charge in [-0.1, -0.05) is 13.0 Å². The largest absolute Gasteiger partial charge is 0.347 e. The van der Waals surface area contributed by atoms with Gasteiger partial charge in [0.1, 0.15) is 17.0 Å². The topological polar surface area (TPSA) is 81.3 Å². The lowest BCUT2D eigenvalue weighted by atomic mass is 10.1. The van der Waals surface area contributed by atoms with E-state index in [1.807, 2.05) is 46.5 Å². The molecule has 5 rings (SSSR count). The molecule has 0 radical (unpaired) electrons. The number of hydrogen-bond donors (Lipinski definition) is 1. The van der Waals surface area contributed by atoms with Crippen LogP contribution in [0.1, 0.15) is 29.4 Å². The fourth-order valence-electron chi connectivity index (χ4n) is 3.82. The first-order chi connectivity index (χ1) is 15.7. The normalized spacial score (nSPS) is 11.3. The Kier molecular flexibility index (Phi) is 5.28. The van der Waals surface area contributed by atoms with Crippen LogP contribution in [0.3, 0.4) is 0 Å². The molecule has 0 fully saturated rings. The van der Waals surface area contributed by atoms with Crippen molar-refractivity contribution in [3.05, 3.63) is 87.2 Å². The zero-order valence-electron chi connectivity index (χ0n) is 17.5. The van der Waals surface area contributed by atoms with Crippen LogP contribution in [0, 0.1) is 0 Å². The number of aromatic nitrogens is 4. The summed E-state index contributed by atoms with van der Waals surface area (Å²) in [6.07, 6.45) is 4.25. The van der Waals surface area contributed by atoms with Crippen molar-refractivity contribution in [2.45, 2.75) is 26.4 Å². The van der Waals surface area contributed by atoms with Crippen molar-refractivity contribution in [2.24, 2.45) is 0 Å². The molecule has 0 saturated carbocycles. The van der Waals surface area contributed by atoms with Crippen LogP contribution in [0.2, 0.25) is 0 Å². The highest BCUT2D eigenvalue weighted by Crippen LogP contribution is 2.21. The standard InChI is InChI=1S/C24H21N5O2S/c1-2-9-28-20(13-18-22(28)27-21-5-3-4-10-29(21)24(18)31)23(30)26-14-16-6-8-25-19(12-16)17-7-11-32-15-17/h3-8,10-13,15H,2,9,14H2,1H3,(H,26,30). The molecule has 0 aliphatic carbocycles. The Bertz CT molecular complexity index is 1480. The van der Waals surface area contributed by atoms with Crippen molar-refractivity contribution in [1.29, 1.82) is 0 Å². The summed E-state index contributed by atoms with van der Waals surface area (Å²) in [6, 6.07) is 13.0. The molecule has 1 N–H and O–H groups in total. The van der Waals surface area contributed by atoms with Crippen molar-refractivity contribution in [3.63, 3.8) is 0 Å². The number of hydrogen-bond acceptors (Lipinski definition) is 5. The van der Waals surface area contributed by atoms with E-state index < -0.39 is 0 Å². The van der Waals surface area contributed by atoms with Gasteiger partial charge in [-0.05, 0) is 53.8 Å². The average Bonchev–Trinajstić information content (AvgIpc) is 3.48. The van der Waals surface area contributed by atoms with Gasteiger partial charge < -0.3 is 9.88 Å². The van der Waals surface area contributed by atoms with E-state index in [9.17, 15) is 9.59 Å². The van der Waals surface area contributed by atoms with Crippen molar-refractivity contribution in [3.8, 4) is 11.3 Å². The SMILES string of the molecule is CCCn1c(C(=O)NCc2ccnc(-c3ccsc3)c2)cc2c(=O)n3ccccc3nc21. The number of pyridine rings is 2. The molecular formula is C24H21N5O2S. The van der Waals surface area contributed by atoms with Crippen LogP contribution in [-0.2, 0) is 13.1 Å². The van der Waals surface area contributed by atoms with Crippen LogP contribution in [0.15, 0.2) is 70.4 Å². The summed E-state index contributed by atoms with van der Waals surface area (Å²) in [5.74, 6) is -0.237. The Morgan fingerprint density at radius 3 is 2.91 bits per heavy atom. The maximum atomic E-state index is 13.1. The molecule has 32 heavy (non-hydrogen) atoms. The minimum absolute atomic E-state index is 0.177. The Labute approximate surface area is 188 Å². The molecule has 0 unspecified atom stereocenters. The van der Waals surface area contributed by atoms with Gasteiger partial charge in [0, 0.05) is 36.4 Å². The van der Waals surface area contributed by atoms with E-state index >= 15 is 0 Å². The van der Waals surface area contributed by atoms with Gasteiger partial charge >= 0.3 is 0 Å². The molecule has 7 nitrogen and oxygen atoms in total. The van der Waals surface area contributed by atoms with Crippen LogP contribution in [-0.4, -0.2) is 24.8 Å². The lowest BCUT2D eigenvalue weighted by Gasteiger charge is -2.10. The van der Waals surface area contributed by atoms with Gasteiger partial charge in [-0.15, -0.1) is 0 Å². The van der Waals surface area contributed by atoms with Crippen molar-refractivity contribution < 1.29 is 4.79 Å². The number of thiophene rings is 1. The van der Waals surface area contributed by atoms with Gasteiger partial charge in [0.15, 0.2) is 0 Å². The van der Waals surface area contributed by atoms with Gasteiger partial charge in [0.05, 0.1) is 11.1 Å². The Balaban J connectivity index is 1.47. The van der Waals surface area contributed by atoms with Crippen LogP contribution < -0.4 is 10.9 Å². The van der Waals surface area contributed by atoms with E-state index in [2.05, 4.69) is 15.3 Å². The van der Waals surface area contributed by atoms with E-state index in [-0.39, 0.29) is 11.5 Å². The monoisotopic (exact) mass is 443 g/mol. The molecule has 0 spiro atoms. The quantitative estimate of drug-likeness (QED) is 0.428. The molecule has 0 atom stereocenters. The van der Waals surface area contributed by atoms with Crippen molar-refractivity contribution >= 4 is 33.9 Å². The van der Waals surface area contributed by atoms with Gasteiger partial charge in [-0.2, -0.15) is 11.3 Å². The average molecular weight is 444 g/mol. The number of amides is 1. The van der Waals surface area contributed by atoms with Gasteiger partial charge in [0.2, 0.25) is 0 Å². The molecule has 160 valence electrons. The highest BCUT2D eigenvalue weighted by atomic mass is 32.1. The number of aryl methyl sites for hydroxylation is 1. The third-order valence-electron chi connectivity index (χ3n) is 5.35. The van der Waals surface area contributed by atoms with E-state index in [4.69, 9.17) is 0 Å². The highest BCUT2D eigenvalue weighted by Gasteiger charge is 2.19. The lowest BCUT2D eigenvalue weighted by molar-refractivity contribution is 0.0942. The number of carbonyl (C=O) groups excluding carboxylic acids is 1. The molecule has 0 bridgehead atoms. The molecule has 0 aliphatic rings. The van der Waals surface area contributed by atoms with Crippen LogP contribution in [0.25, 0.3) is 27.9 Å². The van der Waals surface area contributed by atoms with Gasteiger partial charge in [-0.25, -0.2) is 4.98 Å². The molecular weight excluding hydrogens is 422 g/mol. The number of carbonyl (C=O) groups is 1. The number of nitrogens with zero attached hydrogens (tertiary/aromatic N) is 4. The summed E-state index contributed by atoms with van der Waals surface area (Å²) in [5, 5.41) is 7.48. The Morgan fingerprint density at radius 1 is 1.19 bits per heavy atom. The Morgan fingerprint density at radius 2 is 2.09 bits per heavy atom. The smallest absolute Gasteiger partial charge is 0.268 e. The molecule has 5 aromatic rings. The van der Waals surface area contributed by atoms with Gasteiger partial charge in [-0.3, -0.25) is 19.0 Å². The molecule has 1 amide bonds. The zero-order chi connectivity index (χ0) is 22.1. The van der Waals surface area contributed by atoms with Crippen LogP contribution in [0.5, 0.6) is 0 Å². The predicted molar refractivity (Wildman–Crippen MR) is 126 cm³/mol. The molecule has 5 aromatic heterocycles. The van der Waals surface area contributed by atoms with Crippen LogP contribution in [0.4, 0.5) is 0 Å². The first kappa shape index (κ1) is 20.1. The minimum Gasteiger partial charge on any atom is -0.347 e. The first-order valence-corrected chi connectivity index (χ1v) is 11.4. The predicted octanol–water partition coefficient (Wildman–Crippen LogP) is 4.11.